The van der Waals surface area contributed by atoms with Crippen molar-refractivity contribution in [1.29, 1.82) is 0 Å². The zero-order valence-electron chi connectivity index (χ0n) is 14.6. The second kappa shape index (κ2) is 9.72. The van der Waals surface area contributed by atoms with E-state index in [0.29, 0.717) is 24.5 Å². The molecule has 9 heteroatoms. The molecular formula is C18H20F3N3O2S. The summed E-state index contributed by atoms with van der Waals surface area (Å²) in [7, 11) is 0. The molecule has 146 valence electrons. The first-order valence-electron chi connectivity index (χ1n) is 8.17. The van der Waals surface area contributed by atoms with Gasteiger partial charge in [0.2, 0.25) is 0 Å². The van der Waals surface area contributed by atoms with E-state index in [1.165, 1.54) is 24.3 Å². The zero-order valence-corrected chi connectivity index (χ0v) is 15.5. The summed E-state index contributed by atoms with van der Waals surface area (Å²) in [6, 6.07) is 11.1. The van der Waals surface area contributed by atoms with Gasteiger partial charge in [-0.2, -0.15) is 23.4 Å². The largest absolute Gasteiger partial charge is 0.446 e. The van der Waals surface area contributed by atoms with E-state index in [1.807, 2.05) is 24.0 Å². The van der Waals surface area contributed by atoms with Crippen LogP contribution in [-0.2, 0) is 0 Å². The molecule has 0 fully saturated rings. The molecule has 0 heterocycles. The molecular weight excluding hydrogens is 379 g/mol. The summed E-state index contributed by atoms with van der Waals surface area (Å²) in [6.45, 7) is 2.62. The lowest BCUT2D eigenvalue weighted by Gasteiger charge is -2.23. The fourth-order valence-corrected chi connectivity index (χ4v) is 2.93. The van der Waals surface area contributed by atoms with E-state index in [4.69, 9.17) is 10.2 Å². The van der Waals surface area contributed by atoms with Gasteiger partial charge in [-0.1, -0.05) is 0 Å². The van der Waals surface area contributed by atoms with Crippen LogP contribution in [0.15, 0.2) is 57.6 Å². The lowest BCUT2D eigenvalue weighted by Crippen LogP contribution is -2.29. The molecule has 0 aromatic heterocycles. The number of nitrogens with zero attached hydrogens (tertiary/aromatic N) is 3. The van der Waals surface area contributed by atoms with E-state index in [1.54, 1.807) is 6.07 Å². The quantitative estimate of drug-likeness (QED) is 0.494. The van der Waals surface area contributed by atoms with Gasteiger partial charge in [0.05, 0.1) is 24.6 Å². The van der Waals surface area contributed by atoms with Gasteiger partial charge in [-0.15, -0.1) is 0 Å². The summed E-state index contributed by atoms with van der Waals surface area (Å²) in [4.78, 5) is 1.94. The third kappa shape index (κ3) is 6.85. The Morgan fingerprint density at radius 3 is 2.11 bits per heavy atom. The average Bonchev–Trinajstić information content (AvgIpc) is 2.60. The Bertz CT molecular complexity index is 761. The van der Waals surface area contributed by atoms with Crippen LogP contribution in [0, 0.1) is 6.92 Å². The van der Waals surface area contributed by atoms with Gasteiger partial charge in [0, 0.05) is 23.7 Å². The number of rotatable bonds is 8. The van der Waals surface area contributed by atoms with Crippen LogP contribution in [0.1, 0.15) is 5.56 Å². The van der Waals surface area contributed by atoms with Crippen molar-refractivity contribution in [2.24, 2.45) is 10.2 Å². The number of azo groups is 1. The van der Waals surface area contributed by atoms with Crippen molar-refractivity contribution in [2.75, 3.05) is 31.2 Å². The van der Waals surface area contributed by atoms with Crippen LogP contribution < -0.4 is 4.90 Å². The third-order valence-corrected chi connectivity index (χ3v) is 4.37. The van der Waals surface area contributed by atoms with E-state index in [2.05, 4.69) is 10.2 Å². The average molecular weight is 399 g/mol. The van der Waals surface area contributed by atoms with E-state index < -0.39 is 5.51 Å². The van der Waals surface area contributed by atoms with Crippen LogP contribution >= 0.6 is 11.8 Å². The number of halogens is 3. The Hall–Kier alpha value is -2.10. The van der Waals surface area contributed by atoms with Gasteiger partial charge in [-0.05, 0) is 66.7 Å². The molecule has 0 amide bonds. The van der Waals surface area contributed by atoms with E-state index in [9.17, 15) is 13.2 Å². The molecule has 5 nitrogen and oxygen atoms in total. The molecule has 2 aromatic carbocycles. The van der Waals surface area contributed by atoms with Gasteiger partial charge < -0.3 is 15.1 Å². The second-order valence-corrected chi connectivity index (χ2v) is 6.79. The first-order chi connectivity index (χ1) is 12.8. The van der Waals surface area contributed by atoms with Crippen LogP contribution in [0.25, 0.3) is 0 Å². The molecule has 0 saturated heterocycles. The minimum Gasteiger partial charge on any atom is -0.395 e. The summed E-state index contributed by atoms with van der Waals surface area (Å²) < 4.78 is 37.0. The van der Waals surface area contributed by atoms with Crippen LogP contribution in [0.3, 0.4) is 0 Å². The van der Waals surface area contributed by atoms with Gasteiger partial charge >= 0.3 is 5.51 Å². The molecule has 2 aromatic rings. The highest BCUT2D eigenvalue weighted by molar-refractivity contribution is 8.00. The normalized spacial score (nSPS) is 11.9. The van der Waals surface area contributed by atoms with E-state index >= 15 is 0 Å². The summed E-state index contributed by atoms with van der Waals surface area (Å²) in [5.74, 6) is 0. The zero-order chi connectivity index (χ0) is 19.9. The lowest BCUT2D eigenvalue weighted by atomic mass is 10.1. The van der Waals surface area contributed by atoms with E-state index in [0.717, 1.165) is 11.3 Å². The Balaban J connectivity index is 2.10. The maximum atomic E-state index is 12.3. The molecule has 27 heavy (non-hydrogen) atoms. The van der Waals surface area contributed by atoms with Crippen molar-refractivity contribution in [2.45, 2.75) is 17.3 Å². The maximum Gasteiger partial charge on any atom is 0.446 e. The Morgan fingerprint density at radius 2 is 1.59 bits per heavy atom. The SMILES string of the molecule is Cc1cc(N(CCO)CCO)ccc1N=Nc1ccc(SC(F)(F)F)cc1. The van der Waals surface area contributed by atoms with Gasteiger partial charge in [0.25, 0.3) is 0 Å². The highest BCUT2D eigenvalue weighted by Gasteiger charge is 2.28. The summed E-state index contributed by atoms with van der Waals surface area (Å²) in [5, 5.41) is 26.5. The Labute approximate surface area is 159 Å². The highest BCUT2D eigenvalue weighted by atomic mass is 32.2. The standard InChI is InChI=1S/C18H20F3N3O2S/c1-13-12-15(24(8-10-25)9-11-26)4-7-17(13)23-22-14-2-5-16(6-3-14)27-18(19,20)21/h2-7,12,25-26H,8-11H2,1H3. The molecule has 0 aliphatic carbocycles. The monoisotopic (exact) mass is 399 g/mol. The van der Waals surface area contributed by atoms with Crippen LogP contribution in [0.5, 0.6) is 0 Å². The van der Waals surface area contributed by atoms with Gasteiger partial charge in [0.15, 0.2) is 0 Å². The maximum absolute atomic E-state index is 12.3. The number of alkyl halides is 3. The number of aryl methyl sites for hydroxylation is 1. The first-order valence-corrected chi connectivity index (χ1v) is 8.99. The molecule has 0 unspecified atom stereocenters. The second-order valence-electron chi connectivity index (χ2n) is 5.65. The molecule has 2 rings (SSSR count). The fraction of sp³-hybridized carbons (Fsp3) is 0.333. The summed E-state index contributed by atoms with van der Waals surface area (Å²) >= 11 is -0.174. The summed E-state index contributed by atoms with van der Waals surface area (Å²) in [5.41, 5.74) is -1.54. The molecule has 0 aliphatic heterocycles. The molecule has 0 spiro atoms. The fourth-order valence-electron chi connectivity index (χ4n) is 2.39. The van der Waals surface area contributed by atoms with Gasteiger partial charge in [0.1, 0.15) is 0 Å². The molecule has 0 saturated carbocycles. The van der Waals surface area contributed by atoms with Gasteiger partial charge in [-0.25, -0.2) is 0 Å². The molecule has 0 radical (unpaired) electrons. The van der Waals surface area contributed by atoms with Crippen molar-refractivity contribution in [3.05, 3.63) is 48.0 Å². The van der Waals surface area contributed by atoms with Crippen LogP contribution in [0.4, 0.5) is 30.2 Å². The number of hydrogen-bond acceptors (Lipinski definition) is 6. The van der Waals surface area contributed by atoms with Crippen molar-refractivity contribution in [1.82, 2.24) is 0 Å². The third-order valence-electron chi connectivity index (χ3n) is 3.63. The Morgan fingerprint density at radius 1 is 0.963 bits per heavy atom. The predicted molar refractivity (Wildman–Crippen MR) is 100 cm³/mol. The van der Waals surface area contributed by atoms with Gasteiger partial charge in [-0.3, -0.25) is 0 Å². The van der Waals surface area contributed by atoms with Crippen molar-refractivity contribution in [3.63, 3.8) is 0 Å². The first kappa shape index (κ1) is 21.2. The minimum atomic E-state index is -4.32. The van der Waals surface area contributed by atoms with Crippen molar-refractivity contribution in [3.8, 4) is 0 Å². The number of benzene rings is 2. The number of aliphatic hydroxyl groups excluding tert-OH is 2. The number of aliphatic hydroxyl groups is 2. The van der Waals surface area contributed by atoms with E-state index in [-0.39, 0.29) is 29.9 Å². The van der Waals surface area contributed by atoms with Crippen LogP contribution in [0.2, 0.25) is 0 Å². The van der Waals surface area contributed by atoms with Crippen LogP contribution in [-0.4, -0.2) is 42.0 Å². The molecule has 0 aliphatic rings. The van der Waals surface area contributed by atoms with Crippen molar-refractivity contribution >= 4 is 28.8 Å². The Kier molecular flexibility index (Phi) is 7.64. The lowest BCUT2D eigenvalue weighted by molar-refractivity contribution is -0.0328. The molecule has 0 bridgehead atoms. The predicted octanol–water partition coefficient (Wildman–Crippen LogP) is 4.81. The summed E-state index contributed by atoms with van der Waals surface area (Å²) in [6.07, 6.45) is 0. The number of anilines is 1. The topological polar surface area (TPSA) is 68.4 Å². The molecule has 2 N–H and O–H groups in total. The number of hydrogen-bond donors (Lipinski definition) is 2. The van der Waals surface area contributed by atoms with Crippen molar-refractivity contribution < 1.29 is 23.4 Å². The minimum absolute atomic E-state index is 0.0247. The number of thioether (sulfide) groups is 1. The highest BCUT2D eigenvalue weighted by Crippen LogP contribution is 2.37. The smallest absolute Gasteiger partial charge is 0.395 e. The molecule has 0 atom stereocenters.